The summed E-state index contributed by atoms with van der Waals surface area (Å²) in [4.78, 5) is 26.8. The second-order valence-corrected chi connectivity index (χ2v) is 7.88. The first-order valence-electron chi connectivity index (χ1n) is 9.32. The van der Waals surface area contributed by atoms with E-state index in [0.29, 0.717) is 0 Å². The fraction of sp³-hybridized carbons (Fsp3) is 0.273. The molecule has 5 nitrogen and oxygen atoms in total. The van der Waals surface area contributed by atoms with Gasteiger partial charge in [0.15, 0.2) is 0 Å². The summed E-state index contributed by atoms with van der Waals surface area (Å²) in [6.07, 6.45) is -0.0788. The van der Waals surface area contributed by atoms with Crippen LogP contribution in [0.1, 0.15) is 31.0 Å². The quantitative estimate of drug-likeness (QED) is 0.382. The third-order valence-electron chi connectivity index (χ3n) is 4.72. The molecular weight excluding hydrogens is 432 g/mol. The van der Waals surface area contributed by atoms with E-state index >= 15 is 0 Å². The number of Topliss-reactive ketones (excluding diaryl/α,β-unsaturated/α-hetero) is 1. The third kappa shape index (κ3) is 4.36. The van der Waals surface area contributed by atoms with E-state index in [0.717, 1.165) is 0 Å². The molecule has 0 bridgehead atoms. The number of ketones is 1. The lowest BCUT2D eigenvalue weighted by molar-refractivity contribution is -0.140. The van der Waals surface area contributed by atoms with Gasteiger partial charge >= 0.3 is 0 Å². The van der Waals surface area contributed by atoms with Crippen molar-refractivity contribution in [1.82, 2.24) is 4.90 Å². The average Bonchev–Trinajstić information content (AvgIpc) is 2.94. The van der Waals surface area contributed by atoms with Crippen LogP contribution in [0.4, 0.5) is 4.39 Å². The minimum absolute atomic E-state index is 0.0555. The monoisotopic (exact) mass is 451 g/mol. The third-order valence-corrected chi connectivity index (χ3v) is 5.46. The number of hydrogen-bond acceptors (Lipinski definition) is 4. The van der Waals surface area contributed by atoms with Gasteiger partial charge < -0.3 is 14.7 Å². The van der Waals surface area contributed by atoms with E-state index < -0.39 is 29.3 Å². The zero-order valence-corrected chi connectivity index (χ0v) is 17.9. The van der Waals surface area contributed by atoms with E-state index in [1.807, 2.05) is 13.8 Å². The van der Waals surface area contributed by atoms with Crippen molar-refractivity contribution in [1.29, 1.82) is 0 Å². The highest BCUT2D eigenvalue weighted by Gasteiger charge is 2.46. The van der Waals surface area contributed by atoms with Gasteiger partial charge in [0.2, 0.25) is 0 Å². The molecule has 1 unspecified atom stereocenters. The second-order valence-electron chi connectivity index (χ2n) is 7.06. The van der Waals surface area contributed by atoms with Gasteiger partial charge in [-0.2, -0.15) is 0 Å². The Morgan fingerprint density at radius 1 is 1.17 bits per heavy atom. The molecule has 2 aromatic carbocycles. The molecule has 0 aliphatic carbocycles. The predicted molar refractivity (Wildman–Crippen MR) is 113 cm³/mol. The Hall–Kier alpha value is -2.41. The number of hydrogen-bond donors (Lipinski definition) is 1. The summed E-state index contributed by atoms with van der Waals surface area (Å²) in [6.45, 7) is 3.89. The smallest absolute Gasteiger partial charge is 0.295 e. The molecule has 1 atom stereocenters. The standard InChI is InChI=1S/C22H20Cl2FNO4/c1-12(2)30-10-9-26-19(14-5-3-4-6-17(14)25)18(21(28)22(26)29)20(27)13-7-8-15(23)16(24)11-13/h3-8,11-12,19,27H,9-10H2,1-2H3/b20-18+. The molecule has 1 aliphatic rings. The van der Waals surface area contributed by atoms with Crippen LogP contribution in [0.2, 0.25) is 10.0 Å². The van der Waals surface area contributed by atoms with E-state index in [4.69, 9.17) is 27.9 Å². The van der Waals surface area contributed by atoms with Crippen molar-refractivity contribution in [2.75, 3.05) is 13.2 Å². The molecule has 1 amide bonds. The summed E-state index contributed by atoms with van der Waals surface area (Å²) in [6, 6.07) is 9.03. The molecule has 0 saturated carbocycles. The average molecular weight is 452 g/mol. The lowest BCUT2D eigenvalue weighted by Gasteiger charge is -2.26. The molecule has 1 heterocycles. The number of benzene rings is 2. The SMILES string of the molecule is CC(C)OCCN1C(=O)C(=O)/C(=C(/O)c2ccc(Cl)c(Cl)c2)C1c1ccccc1F. The lowest BCUT2D eigenvalue weighted by atomic mass is 9.95. The fourth-order valence-electron chi connectivity index (χ4n) is 3.32. The number of carbonyl (C=O) groups is 2. The van der Waals surface area contributed by atoms with Crippen molar-refractivity contribution in [3.63, 3.8) is 0 Å². The van der Waals surface area contributed by atoms with Gasteiger partial charge in [0.1, 0.15) is 11.6 Å². The summed E-state index contributed by atoms with van der Waals surface area (Å²) in [7, 11) is 0. The predicted octanol–water partition coefficient (Wildman–Crippen LogP) is 4.98. The van der Waals surface area contributed by atoms with Crippen molar-refractivity contribution in [2.24, 2.45) is 0 Å². The Balaban J connectivity index is 2.13. The number of rotatable bonds is 6. The van der Waals surface area contributed by atoms with Crippen LogP contribution in [0.5, 0.6) is 0 Å². The van der Waals surface area contributed by atoms with Gasteiger partial charge in [0.05, 0.1) is 34.4 Å². The Morgan fingerprint density at radius 2 is 1.87 bits per heavy atom. The topological polar surface area (TPSA) is 66.8 Å². The maximum Gasteiger partial charge on any atom is 0.295 e. The Kier molecular flexibility index (Phi) is 6.81. The Bertz CT molecular complexity index is 1020. The normalized spacial score (nSPS) is 18.5. The van der Waals surface area contributed by atoms with Crippen molar-refractivity contribution >= 4 is 40.7 Å². The van der Waals surface area contributed by atoms with Gasteiger partial charge in [0, 0.05) is 17.7 Å². The lowest BCUT2D eigenvalue weighted by Crippen LogP contribution is -2.33. The van der Waals surface area contributed by atoms with E-state index in [-0.39, 0.29) is 46.0 Å². The Morgan fingerprint density at radius 3 is 2.50 bits per heavy atom. The zero-order valence-electron chi connectivity index (χ0n) is 16.4. The van der Waals surface area contributed by atoms with Crippen LogP contribution in [0, 0.1) is 5.82 Å². The first-order valence-corrected chi connectivity index (χ1v) is 10.1. The zero-order chi connectivity index (χ0) is 22.0. The molecule has 0 aromatic heterocycles. The molecule has 158 valence electrons. The van der Waals surface area contributed by atoms with Gasteiger partial charge in [-0.1, -0.05) is 41.4 Å². The molecule has 3 rings (SSSR count). The molecule has 1 fully saturated rings. The molecular formula is C22H20Cl2FNO4. The molecule has 30 heavy (non-hydrogen) atoms. The Labute approximate surface area is 183 Å². The first kappa shape index (κ1) is 22.3. The summed E-state index contributed by atoms with van der Waals surface area (Å²) in [5.74, 6) is -2.79. The molecule has 1 N–H and O–H groups in total. The summed E-state index contributed by atoms with van der Waals surface area (Å²) in [5.41, 5.74) is 0.0815. The first-order chi connectivity index (χ1) is 14.2. The van der Waals surface area contributed by atoms with Crippen LogP contribution >= 0.6 is 23.2 Å². The maximum atomic E-state index is 14.7. The number of halogens is 3. The number of likely N-dealkylation sites (tertiary alicyclic amines) is 1. The van der Waals surface area contributed by atoms with Crippen molar-refractivity contribution in [2.45, 2.75) is 26.0 Å². The van der Waals surface area contributed by atoms with Crippen LogP contribution in [0.25, 0.3) is 5.76 Å². The van der Waals surface area contributed by atoms with E-state index in [2.05, 4.69) is 0 Å². The van der Waals surface area contributed by atoms with Crippen molar-refractivity contribution in [3.8, 4) is 0 Å². The second kappa shape index (κ2) is 9.16. The molecule has 2 aromatic rings. The largest absolute Gasteiger partial charge is 0.507 e. The molecule has 1 saturated heterocycles. The van der Waals surface area contributed by atoms with Crippen LogP contribution in [-0.4, -0.2) is 41.0 Å². The van der Waals surface area contributed by atoms with Gasteiger partial charge in [-0.05, 0) is 38.1 Å². The highest BCUT2D eigenvalue weighted by atomic mass is 35.5. The highest BCUT2D eigenvalue weighted by Crippen LogP contribution is 2.40. The van der Waals surface area contributed by atoms with Crippen LogP contribution in [0.3, 0.4) is 0 Å². The van der Waals surface area contributed by atoms with E-state index in [9.17, 15) is 19.1 Å². The van der Waals surface area contributed by atoms with E-state index in [1.54, 1.807) is 6.07 Å². The highest BCUT2D eigenvalue weighted by molar-refractivity contribution is 6.46. The number of ether oxygens (including phenoxy) is 1. The minimum Gasteiger partial charge on any atom is -0.507 e. The maximum absolute atomic E-state index is 14.7. The van der Waals surface area contributed by atoms with Crippen LogP contribution in [-0.2, 0) is 14.3 Å². The van der Waals surface area contributed by atoms with E-state index in [1.165, 1.54) is 41.3 Å². The summed E-state index contributed by atoms with van der Waals surface area (Å²) in [5, 5.41) is 11.3. The fourth-order valence-corrected chi connectivity index (χ4v) is 3.61. The van der Waals surface area contributed by atoms with Gasteiger partial charge in [-0.15, -0.1) is 0 Å². The molecule has 8 heteroatoms. The number of amides is 1. The number of nitrogens with zero attached hydrogens (tertiary/aromatic N) is 1. The van der Waals surface area contributed by atoms with Crippen LogP contribution < -0.4 is 0 Å². The molecule has 0 spiro atoms. The van der Waals surface area contributed by atoms with Gasteiger partial charge in [0.25, 0.3) is 11.7 Å². The molecule has 1 aliphatic heterocycles. The van der Waals surface area contributed by atoms with Gasteiger partial charge in [-0.25, -0.2) is 4.39 Å². The number of carbonyl (C=O) groups excluding carboxylic acids is 2. The van der Waals surface area contributed by atoms with Crippen molar-refractivity contribution < 1.29 is 23.8 Å². The molecule has 0 radical (unpaired) electrons. The summed E-state index contributed by atoms with van der Waals surface area (Å²) >= 11 is 12.0. The minimum atomic E-state index is -1.10. The number of aliphatic hydroxyl groups is 1. The van der Waals surface area contributed by atoms with Crippen LogP contribution in [0.15, 0.2) is 48.0 Å². The summed E-state index contributed by atoms with van der Waals surface area (Å²) < 4.78 is 20.2. The van der Waals surface area contributed by atoms with Gasteiger partial charge in [-0.3, -0.25) is 9.59 Å². The number of aliphatic hydroxyl groups excluding tert-OH is 1. The van der Waals surface area contributed by atoms with Crippen molar-refractivity contribution in [3.05, 3.63) is 75.0 Å².